The molecule has 0 saturated heterocycles. The van der Waals surface area contributed by atoms with Gasteiger partial charge in [0.15, 0.2) is 11.5 Å². The molecule has 1 aliphatic rings. The fourth-order valence-electron chi connectivity index (χ4n) is 5.90. The van der Waals surface area contributed by atoms with Crippen molar-refractivity contribution in [1.29, 1.82) is 0 Å². The van der Waals surface area contributed by atoms with Crippen LogP contribution in [-0.4, -0.2) is 19.6 Å². The number of aromatic nitrogens is 4. The van der Waals surface area contributed by atoms with E-state index < -0.39 is 17.0 Å². The van der Waals surface area contributed by atoms with Gasteiger partial charge < -0.3 is 0 Å². The summed E-state index contributed by atoms with van der Waals surface area (Å²) in [5.41, 5.74) is 6.88. The van der Waals surface area contributed by atoms with E-state index in [-0.39, 0.29) is 5.69 Å². The van der Waals surface area contributed by atoms with Gasteiger partial charge >= 0.3 is 0 Å². The van der Waals surface area contributed by atoms with E-state index in [9.17, 15) is 0 Å². The lowest BCUT2D eigenvalue weighted by atomic mass is 9.77. The molecule has 7 rings (SSSR count). The van der Waals surface area contributed by atoms with Crippen LogP contribution in [0.4, 0.5) is 14.5 Å². The van der Waals surface area contributed by atoms with Crippen LogP contribution in [0.2, 0.25) is 0 Å². The third-order valence-electron chi connectivity index (χ3n) is 8.32. The van der Waals surface area contributed by atoms with Crippen LogP contribution in [0.3, 0.4) is 0 Å². The highest BCUT2D eigenvalue weighted by molar-refractivity contribution is 5.68. The molecule has 6 aromatic rings. The van der Waals surface area contributed by atoms with E-state index in [2.05, 4.69) is 17.0 Å². The van der Waals surface area contributed by atoms with Crippen LogP contribution in [0.15, 0.2) is 103 Å². The Kier molecular flexibility index (Phi) is 6.28. The number of nitrogens with zero attached hydrogens (tertiary/aromatic N) is 5. The number of rotatable bonds is 2. The number of benzene rings is 4. The largest absolute Gasteiger partial charge is 0.241 e. The second kappa shape index (κ2) is 10.2. The van der Waals surface area contributed by atoms with Gasteiger partial charge in [0, 0.05) is 40.6 Å². The maximum atomic E-state index is 15.6. The molecule has 0 N–H and O–H groups in total. The molecule has 0 spiro atoms. The fourth-order valence-corrected chi connectivity index (χ4v) is 5.90. The minimum atomic E-state index is -0.918. The molecule has 4 aromatic carbocycles. The number of hydrogen-bond acceptors (Lipinski definition) is 2. The quantitative estimate of drug-likeness (QED) is 0.197. The van der Waals surface area contributed by atoms with Gasteiger partial charge in [-0.15, -0.1) is 0 Å². The van der Waals surface area contributed by atoms with Crippen LogP contribution < -0.4 is 0 Å². The molecular weight excluding hydrogens is 540 g/mol. The van der Waals surface area contributed by atoms with Crippen LogP contribution >= 0.6 is 0 Å². The molecule has 0 amide bonds. The number of fused-ring (bicyclic) bond motifs is 10. The predicted molar refractivity (Wildman–Crippen MR) is 164 cm³/mol. The highest BCUT2D eigenvalue weighted by Crippen LogP contribution is 2.39. The van der Waals surface area contributed by atoms with Crippen molar-refractivity contribution in [3.8, 4) is 33.6 Å². The van der Waals surface area contributed by atoms with Gasteiger partial charge in [-0.1, -0.05) is 80.6 Å². The topological polar surface area (TPSA) is 40.0 Å². The highest BCUT2D eigenvalue weighted by Gasteiger charge is 2.30. The van der Waals surface area contributed by atoms with E-state index in [0.29, 0.717) is 35.3 Å². The Morgan fingerprint density at radius 2 is 1.30 bits per heavy atom. The van der Waals surface area contributed by atoms with Crippen LogP contribution in [0.25, 0.3) is 38.5 Å². The van der Waals surface area contributed by atoms with E-state index in [1.807, 2.05) is 80.8 Å². The van der Waals surface area contributed by atoms with Crippen molar-refractivity contribution in [2.45, 2.75) is 32.1 Å². The summed E-state index contributed by atoms with van der Waals surface area (Å²) in [6.07, 6.45) is 4.93. The number of halogens is 2. The molecule has 1 aliphatic heterocycles. The first-order valence-corrected chi connectivity index (χ1v) is 14.1. The van der Waals surface area contributed by atoms with Crippen LogP contribution in [-0.2, 0) is 18.3 Å². The fraction of sp³-hybridized carbons (Fsp3) is 0.139. The van der Waals surface area contributed by atoms with Crippen molar-refractivity contribution < 1.29 is 8.78 Å². The molecule has 2 aromatic heterocycles. The van der Waals surface area contributed by atoms with Crippen molar-refractivity contribution in [2.24, 2.45) is 0 Å². The molecule has 43 heavy (non-hydrogen) atoms. The summed E-state index contributed by atoms with van der Waals surface area (Å²) in [5, 5.41) is 9.89. The SMILES string of the molecule is [C-]#[N+]c1cc2cc(c1)C(C)(C)c1cc(c(F)cc1F)-n1cc(-c3ccccc3)c(n1)CCc1nn-2cc1-c1ccccc1. The number of aryl methyl sites for hydroxylation is 2. The Balaban J connectivity index is 1.52. The second-order valence-corrected chi connectivity index (χ2v) is 11.4. The molecular formula is C36H27F2N5. The summed E-state index contributed by atoms with van der Waals surface area (Å²) in [7, 11) is 0. The van der Waals surface area contributed by atoms with Gasteiger partial charge in [-0.3, -0.25) is 0 Å². The minimum absolute atomic E-state index is 0.164. The monoisotopic (exact) mass is 567 g/mol. The minimum Gasteiger partial charge on any atom is -0.241 e. The standard InChI is InChI=1S/C36H27F2N5/c1-36(2)25-16-26(39-3)18-27(17-25)42-21-28(23-10-6-4-7-11-23)33(40-42)14-15-34-29(24-12-8-5-9-13-24)22-43(41-34)35-19-30(36)31(37)20-32(35)38/h4-13,16-22H,14-15H2,1-2H3. The van der Waals surface area contributed by atoms with Crippen molar-refractivity contribution in [3.05, 3.63) is 149 Å². The van der Waals surface area contributed by atoms with E-state index >= 15 is 8.78 Å². The van der Waals surface area contributed by atoms with Gasteiger partial charge in [0.05, 0.1) is 23.6 Å². The van der Waals surface area contributed by atoms with Gasteiger partial charge in [0.25, 0.3) is 0 Å². The Bertz CT molecular complexity index is 2030. The van der Waals surface area contributed by atoms with Crippen molar-refractivity contribution >= 4 is 5.69 Å². The number of hydrogen-bond donors (Lipinski definition) is 0. The molecule has 7 heteroatoms. The lowest BCUT2D eigenvalue weighted by molar-refractivity contribution is 0.526. The lowest BCUT2D eigenvalue weighted by Gasteiger charge is -2.28. The summed E-state index contributed by atoms with van der Waals surface area (Å²) < 4.78 is 34.4. The zero-order chi connectivity index (χ0) is 29.7. The zero-order valence-electron chi connectivity index (χ0n) is 23.7. The molecule has 5 nitrogen and oxygen atoms in total. The molecule has 0 atom stereocenters. The predicted octanol–water partition coefficient (Wildman–Crippen LogP) is 8.65. The van der Waals surface area contributed by atoms with Gasteiger partial charge in [0.2, 0.25) is 0 Å². The molecule has 0 aliphatic carbocycles. The van der Waals surface area contributed by atoms with Crippen molar-refractivity contribution in [2.75, 3.05) is 0 Å². The van der Waals surface area contributed by atoms with E-state index in [4.69, 9.17) is 16.8 Å². The molecule has 0 fully saturated rings. The second-order valence-electron chi connectivity index (χ2n) is 11.4. The van der Waals surface area contributed by atoms with Gasteiger partial charge in [-0.25, -0.2) is 23.0 Å². The van der Waals surface area contributed by atoms with Gasteiger partial charge in [-0.05, 0) is 47.7 Å². The highest BCUT2D eigenvalue weighted by atomic mass is 19.1. The molecule has 0 radical (unpaired) electrons. The molecule has 0 unspecified atom stereocenters. The van der Waals surface area contributed by atoms with Crippen LogP contribution in [0, 0.1) is 18.2 Å². The van der Waals surface area contributed by atoms with E-state index in [1.165, 1.54) is 4.68 Å². The summed E-state index contributed by atoms with van der Waals surface area (Å²) in [5.74, 6) is -1.36. The maximum Gasteiger partial charge on any atom is 0.189 e. The average molecular weight is 568 g/mol. The zero-order valence-corrected chi connectivity index (χ0v) is 23.7. The average Bonchev–Trinajstić information content (AvgIpc) is 3.65. The van der Waals surface area contributed by atoms with Crippen molar-refractivity contribution in [1.82, 2.24) is 19.6 Å². The Morgan fingerprint density at radius 3 is 1.91 bits per heavy atom. The first-order valence-electron chi connectivity index (χ1n) is 14.1. The van der Waals surface area contributed by atoms with Gasteiger partial charge in [0.1, 0.15) is 11.5 Å². The smallest absolute Gasteiger partial charge is 0.189 e. The summed E-state index contributed by atoms with van der Waals surface area (Å²) in [4.78, 5) is 3.72. The Labute approximate surface area is 248 Å². The first kappa shape index (κ1) is 26.5. The van der Waals surface area contributed by atoms with Crippen LogP contribution in [0.5, 0.6) is 0 Å². The summed E-state index contributed by atoms with van der Waals surface area (Å²) in [6.45, 7) is 11.6. The lowest BCUT2D eigenvalue weighted by Crippen LogP contribution is -2.22. The third kappa shape index (κ3) is 4.61. The summed E-state index contributed by atoms with van der Waals surface area (Å²) in [6, 6.07) is 27.9. The van der Waals surface area contributed by atoms with Crippen molar-refractivity contribution in [3.63, 3.8) is 0 Å². The van der Waals surface area contributed by atoms with E-state index in [0.717, 1.165) is 39.7 Å². The third-order valence-corrected chi connectivity index (χ3v) is 8.32. The molecule has 0 saturated carbocycles. The molecule has 8 bridgehead atoms. The summed E-state index contributed by atoms with van der Waals surface area (Å²) >= 11 is 0. The molecule has 210 valence electrons. The Morgan fingerprint density at radius 1 is 0.721 bits per heavy atom. The van der Waals surface area contributed by atoms with Gasteiger partial charge in [-0.2, -0.15) is 10.2 Å². The van der Waals surface area contributed by atoms with Crippen LogP contribution in [0.1, 0.15) is 36.4 Å². The molecule has 3 heterocycles. The normalized spacial score (nSPS) is 13.6. The first-order chi connectivity index (χ1) is 20.8. The van der Waals surface area contributed by atoms with E-state index in [1.54, 1.807) is 22.9 Å². The maximum absolute atomic E-state index is 15.6. The Hall–Kier alpha value is -5.35.